The minimum Gasteiger partial charge on any atom is -0.481 e. The SMILES string of the molecule is CCC(Oc1ccccc1)C(=O)NC1COCC1C(=O)O. The molecule has 0 radical (unpaired) electrons. The van der Waals surface area contributed by atoms with Gasteiger partial charge in [-0.05, 0) is 18.6 Å². The zero-order valence-electron chi connectivity index (χ0n) is 11.8. The van der Waals surface area contributed by atoms with Gasteiger partial charge in [0.05, 0.1) is 19.3 Å². The Hall–Kier alpha value is -2.08. The summed E-state index contributed by atoms with van der Waals surface area (Å²) in [6.45, 7) is 2.17. The van der Waals surface area contributed by atoms with Gasteiger partial charge in [0.25, 0.3) is 5.91 Å². The molecule has 6 heteroatoms. The second-order valence-electron chi connectivity index (χ2n) is 4.93. The van der Waals surface area contributed by atoms with E-state index in [9.17, 15) is 9.59 Å². The van der Waals surface area contributed by atoms with E-state index in [1.165, 1.54) is 0 Å². The summed E-state index contributed by atoms with van der Waals surface area (Å²) in [6.07, 6.45) is -0.158. The number of para-hydroxylation sites is 1. The molecule has 1 aromatic carbocycles. The van der Waals surface area contributed by atoms with Crippen LogP contribution in [0, 0.1) is 5.92 Å². The molecule has 1 saturated heterocycles. The van der Waals surface area contributed by atoms with Crippen molar-refractivity contribution in [3.05, 3.63) is 30.3 Å². The number of carboxylic acids is 1. The molecule has 6 nitrogen and oxygen atoms in total. The van der Waals surface area contributed by atoms with Crippen molar-refractivity contribution in [3.63, 3.8) is 0 Å². The summed E-state index contributed by atoms with van der Waals surface area (Å²) in [5.74, 6) is -1.38. The summed E-state index contributed by atoms with van der Waals surface area (Å²) >= 11 is 0. The Morgan fingerprint density at radius 3 is 2.71 bits per heavy atom. The number of carbonyl (C=O) groups excluding carboxylic acids is 1. The van der Waals surface area contributed by atoms with Crippen molar-refractivity contribution in [1.29, 1.82) is 0 Å². The lowest BCUT2D eigenvalue weighted by atomic mass is 10.0. The number of amides is 1. The van der Waals surface area contributed by atoms with E-state index in [-0.39, 0.29) is 19.1 Å². The minimum atomic E-state index is -0.963. The molecule has 0 aliphatic carbocycles. The minimum absolute atomic E-state index is 0.122. The standard InChI is InChI=1S/C15H19NO5/c1-2-13(21-10-6-4-3-5-7-10)14(17)16-12-9-20-8-11(12)15(18)19/h3-7,11-13H,2,8-9H2,1H3,(H,16,17)(H,18,19). The molecule has 1 aliphatic rings. The van der Waals surface area contributed by atoms with Crippen LogP contribution in [-0.4, -0.2) is 42.3 Å². The molecule has 3 atom stereocenters. The fraction of sp³-hybridized carbons (Fsp3) is 0.467. The van der Waals surface area contributed by atoms with E-state index in [0.717, 1.165) is 0 Å². The smallest absolute Gasteiger partial charge is 0.311 e. The third-order valence-corrected chi connectivity index (χ3v) is 3.41. The van der Waals surface area contributed by atoms with Crippen LogP contribution >= 0.6 is 0 Å². The predicted octanol–water partition coefficient (Wildman–Crippen LogP) is 1.06. The summed E-state index contributed by atoms with van der Waals surface area (Å²) in [5.41, 5.74) is 0. The fourth-order valence-electron chi connectivity index (χ4n) is 2.20. The first-order chi connectivity index (χ1) is 10.1. The molecule has 1 amide bonds. The average Bonchev–Trinajstić information content (AvgIpc) is 2.94. The highest BCUT2D eigenvalue weighted by atomic mass is 16.5. The first kappa shape index (κ1) is 15.3. The Balaban J connectivity index is 1.95. The average molecular weight is 293 g/mol. The van der Waals surface area contributed by atoms with Gasteiger partial charge >= 0.3 is 5.97 Å². The van der Waals surface area contributed by atoms with Gasteiger partial charge in [-0.2, -0.15) is 0 Å². The fourth-order valence-corrected chi connectivity index (χ4v) is 2.20. The van der Waals surface area contributed by atoms with E-state index in [0.29, 0.717) is 12.2 Å². The third-order valence-electron chi connectivity index (χ3n) is 3.41. The second kappa shape index (κ2) is 7.08. The number of nitrogens with one attached hydrogen (secondary N) is 1. The van der Waals surface area contributed by atoms with Crippen LogP contribution in [0.3, 0.4) is 0 Å². The summed E-state index contributed by atoms with van der Waals surface area (Å²) < 4.78 is 10.8. The van der Waals surface area contributed by atoms with Gasteiger partial charge in [-0.3, -0.25) is 9.59 Å². The van der Waals surface area contributed by atoms with Gasteiger partial charge in [-0.15, -0.1) is 0 Å². The van der Waals surface area contributed by atoms with Gasteiger partial charge in [-0.1, -0.05) is 25.1 Å². The van der Waals surface area contributed by atoms with Gasteiger partial charge in [0.1, 0.15) is 11.7 Å². The molecule has 21 heavy (non-hydrogen) atoms. The van der Waals surface area contributed by atoms with Crippen LogP contribution in [0.2, 0.25) is 0 Å². The highest BCUT2D eigenvalue weighted by Gasteiger charge is 2.36. The number of carbonyl (C=O) groups is 2. The molecule has 3 unspecified atom stereocenters. The molecule has 114 valence electrons. The van der Waals surface area contributed by atoms with Crippen molar-refractivity contribution in [2.24, 2.45) is 5.92 Å². The Morgan fingerprint density at radius 2 is 2.10 bits per heavy atom. The van der Waals surface area contributed by atoms with Crippen LogP contribution < -0.4 is 10.1 Å². The van der Waals surface area contributed by atoms with Crippen molar-refractivity contribution < 1.29 is 24.2 Å². The molecule has 0 saturated carbocycles. The molecule has 1 fully saturated rings. The molecule has 1 aromatic rings. The number of rotatable bonds is 6. The number of hydrogen-bond donors (Lipinski definition) is 2. The number of ether oxygens (including phenoxy) is 2. The topological polar surface area (TPSA) is 84.9 Å². The van der Waals surface area contributed by atoms with Crippen LogP contribution in [-0.2, 0) is 14.3 Å². The Morgan fingerprint density at radius 1 is 1.38 bits per heavy atom. The number of hydrogen-bond acceptors (Lipinski definition) is 4. The highest BCUT2D eigenvalue weighted by molar-refractivity contribution is 5.82. The monoisotopic (exact) mass is 293 g/mol. The molecule has 1 aliphatic heterocycles. The molecular weight excluding hydrogens is 274 g/mol. The van der Waals surface area contributed by atoms with Gasteiger partial charge in [0.15, 0.2) is 6.10 Å². The predicted molar refractivity (Wildman–Crippen MR) is 75.0 cm³/mol. The zero-order chi connectivity index (χ0) is 15.2. The van der Waals surface area contributed by atoms with Gasteiger partial charge in [0, 0.05) is 0 Å². The van der Waals surface area contributed by atoms with E-state index in [2.05, 4.69) is 5.32 Å². The van der Waals surface area contributed by atoms with Crippen molar-refractivity contribution in [2.45, 2.75) is 25.5 Å². The van der Waals surface area contributed by atoms with Crippen molar-refractivity contribution >= 4 is 11.9 Å². The number of carboxylic acid groups (broad SMARTS) is 1. The van der Waals surface area contributed by atoms with E-state index in [1.807, 2.05) is 25.1 Å². The Labute approximate surface area is 123 Å². The summed E-state index contributed by atoms with van der Waals surface area (Å²) in [4.78, 5) is 23.3. The summed E-state index contributed by atoms with van der Waals surface area (Å²) in [6, 6.07) is 8.55. The molecule has 0 bridgehead atoms. The van der Waals surface area contributed by atoms with Crippen LogP contribution in [0.4, 0.5) is 0 Å². The first-order valence-corrected chi connectivity index (χ1v) is 6.94. The quantitative estimate of drug-likeness (QED) is 0.819. The molecule has 2 N–H and O–H groups in total. The molecule has 2 rings (SSSR count). The van der Waals surface area contributed by atoms with Gasteiger partial charge < -0.3 is 19.9 Å². The van der Waals surface area contributed by atoms with Crippen LogP contribution in [0.25, 0.3) is 0 Å². The molecule has 0 aromatic heterocycles. The number of benzene rings is 1. The Bertz CT molecular complexity index is 490. The van der Waals surface area contributed by atoms with Crippen LogP contribution in [0.1, 0.15) is 13.3 Å². The van der Waals surface area contributed by atoms with Crippen molar-refractivity contribution in [2.75, 3.05) is 13.2 Å². The number of aliphatic carboxylic acids is 1. The maximum Gasteiger partial charge on any atom is 0.311 e. The largest absolute Gasteiger partial charge is 0.481 e. The highest BCUT2D eigenvalue weighted by Crippen LogP contribution is 2.16. The first-order valence-electron chi connectivity index (χ1n) is 6.94. The maximum absolute atomic E-state index is 12.2. The zero-order valence-corrected chi connectivity index (χ0v) is 11.8. The van der Waals surface area contributed by atoms with Crippen molar-refractivity contribution in [1.82, 2.24) is 5.32 Å². The van der Waals surface area contributed by atoms with Gasteiger partial charge in [-0.25, -0.2) is 0 Å². The molecular formula is C15H19NO5. The summed E-state index contributed by atoms with van der Waals surface area (Å²) in [5, 5.41) is 11.8. The molecule has 0 spiro atoms. The maximum atomic E-state index is 12.2. The van der Waals surface area contributed by atoms with E-state index in [1.54, 1.807) is 12.1 Å². The summed E-state index contributed by atoms with van der Waals surface area (Å²) in [7, 11) is 0. The normalized spacial score (nSPS) is 22.5. The lowest BCUT2D eigenvalue weighted by Crippen LogP contribution is -2.48. The lowest BCUT2D eigenvalue weighted by Gasteiger charge is -2.21. The van der Waals surface area contributed by atoms with E-state index >= 15 is 0 Å². The second-order valence-corrected chi connectivity index (χ2v) is 4.93. The third kappa shape index (κ3) is 3.95. The lowest BCUT2D eigenvalue weighted by molar-refractivity contribution is -0.142. The van der Waals surface area contributed by atoms with Crippen LogP contribution in [0.15, 0.2) is 30.3 Å². The van der Waals surface area contributed by atoms with Gasteiger partial charge in [0.2, 0.25) is 0 Å². The van der Waals surface area contributed by atoms with Crippen LogP contribution in [0.5, 0.6) is 5.75 Å². The Kier molecular flexibility index (Phi) is 5.16. The van der Waals surface area contributed by atoms with Crippen molar-refractivity contribution in [3.8, 4) is 5.75 Å². The molecule has 1 heterocycles. The van der Waals surface area contributed by atoms with E-state index < -0.39 is 24.0 Å². The van der Waals surface area contributed by atoms with E-state index in [4.69, 9.17) is 14.6 Å².